The molecule has 0 spiro atoms. The van der Waals surface area contributed by atoms with Crippen LogP contribution < -0.4 is 5.32 Å². The quantitative estimate of drug-likeness (QED) is 0.458. The van der Waals surface area contributed by atoms with E-state index in [4.69, 9.17) is 18.9 Å². The molecule has 0 atom stereocenters. The minimum Gasteiger partial charge on any atom is -0.378 e. The van der Waals surface area contributed by atoms with Crippen molar-refractivity contribution >= 4 is 11.8 Å². The standard InChI is InChI=1S/C36H59N2O6/c39-33(25-35-19-27-13-28(20-35)15-29(14-27)21-35)38(34(40)26-36-22-30-16-31(23-36)18-32(17-30)24-36)3-7-43-11-9-41-5-1-37-2-6-42-10-12-44-8-4-38/h27-32,37H,1-26H2/q+1. The summed E-state index contributed by atoms with van der Waals surface area (Å²) >= 11 is 0. The topological polar surface area (TPSA) is 83.1 Å². The second-order valence-electron chi connectivity index (χ2n) is 16.6. The fraction of sp³-hybridized carbons (Fsp3) is 0.944. The summed E-state index contributed by atoms with van der Waals surface area (Å²) in [6.07, 6.45) is 16.4. The van der Waals surface area contributed by atoms with E-state index in [1.165, 1.54) is 77.0 Å². The molecule has 2 amide bonds. The molecule has 8 nitrogen and oxygen atoms in total. The molecule has 8 bridgehead atoms. The van der Waals surface area contributed by atoms with Crippen LogP contribution in [0, 0.1) is 46.3 Å². The van der Waals surface area contributed by atoms with Crippen LogP contribution in [-0.4, -0.2) is 95.3 Å². The molecule has 8 saturated carbocycles. The molecule has 44 heavy (non-hydrogen) atoms. The zero-order chi connectivity index (χ0) is 30.0. The van der Waals surface area contributed by atoms with Crippen molar-refractivity contribution in [2.45, 2.75) is 89.9 Å². The van der Waals surface area contributed by atoms with Crippen molar-refractivity contribution in [1.82, 2.24) is 5.32 Å². The second-order valence-corrected chi connectivity index (χ2v) is 16.6. The van der Waals surface area contributed by atoms with Crippen LogP contribution >= 0.6 is 0 Å². The Kier molecular flexibility index (Phi) is 9.85. The Morgan fingerprint density at radius 2 is 0.818 bits per heavy atom. The molecule has 1 saturated heterocycles. The Morgan fingerprint density at radius 3 is 1.16 bits per heavy atom. The van der Waals surface area contributed by atoms with Crippen molar-refractivity contribution in [1.29, 1.82) is 0 Å². The largest absolute Gasteiger partial charge is 0.378 e. The Morgan fingerprint density at radius 1 is 0.500 bits per heavy atom. The highest BCUT2D eigenvalue weighted by atomic mass is 16.5. The minimum absolute atomic E-state index is 0.0882. The summed E-state index contributed by atoms with van der Waals surface area (Å²) in [4.78, 5) is 29.9. The minimum atomic E-state index is -0.0882. The van der Waals surface area contributed by atoms with Crippen LogP contribution in [0.2, 0.25) is 0 Å². The van der Waals surface area contributed by atoms with Gasteiger partial charge in [-0.25, -0.2) is 9.59 Å². The molecular formula is C36H59N2O6+. The third kappa shape index (κ3) is 7.01. The molecule has 248 valence electrons. The highest BCUT2D eigenvalue weighted by Crippen LogP contribution is 2.63. The number of imide groups is 1. The van der Waals surface area contributed by atoms with Crippen molar-refractivity contribution in [3.63, 3.8) is 0 Å². The zero-order valence-electron chi connectivity index (χ0n) is 27.2. The highest BCUT2D eigenvalue weighted by molar-refractivity contribution is 5.85. The van der Waals surface area contributed by atoms with Crippen molar-refractivity contribution in [2.24, 2.45) is 46.3 Å². The van der Waals surface area contributed by atoms with E-state index in [2.05, 4.69) is 5.32 Å². The van der Waals surface area contributed by atoms with Gasteiger partial charge in [0.2, 0.25) is 0 Å². The third-order valence-electron chi connectivity index (χ3n) is 13.2. The van der Waals surface area contributed by atoms with Crippen molar-refractivity contribution in [3.8, 4) is 0 Å². The Hall–Kier alpha value is -0.900. The lowest BCUT2D eigenvalue weighted by Crippen LogP contribution is -2.63. The molecule has 0 aromatic rings. The van der Waals surface area contributed by atoms with E-state index in [0.717, 1.165) is 48.6 Å². The number of hydrogen-bond donors (Lipinski definition) is 1. The monoisotopic (exact) mass is 615 g/mol. The highest BCUT2D eigenvalue weighted by Gasteiger charge is 2.58. The van der Waals surface area contributed by atoms with Crippen LogP contribution in [0.15, 0.2) is 0 Å². The van der Waals surface area contributed by atoms with Gasteiger partial charge in [0.25, 0.3) is 0 Å². The molecule has 1 heterocycles. The first kappa shape index (κ1) is 31.7. The van der Waals surface area contributed by atoms with Crippen LogP contribution in [0.5, 0.6) is 0 Å². The predicted octanol–water partition coefficient (Wildman–Crippen LogP) is 4.74. The maximum absolute atomic E-state index is 14.9. The van der Waals surface area contributed by atoms with Crippen LogP contribution in [0.3, 0.4) is 0 Å². The van der Waals surface area contributed by atoms with E-state index < -0.39 is 0 Å². The number of nitrogens with one attached hydrogen (secondary N) is 1. The molecular weight excluding hydrogens is 556 g/mol. The van der Waals surface area contributed by atoms with Gasteiger partial charge in [-0.3, -0.25) is 0 Å². The maximum atomic E-state index is 14.9. The summed E-state index contributed by atoms with van der Waals surface area (Å²) in [7, 11) is 0. The van der Waals surface area contributed by atoms with Gasteiger partial charge < -0.3 is 24.3 Å². The molecule has 0 radical (unpaired) electrons. The summed E-state index contributed by atoms with van der Waals surface area (Å²) in [5, 5.41) is 3.32. The number of amides is 2. The first-order valence-electron chi connectivity index (χ1n) is 18.4. The second kappa shape index (κ2) is 13.7. The van der Waals surface area contributed by atoms with Gasteiger partial charge in [0.15, 0.2) is 0 Å². The average molecular weight is 616 g/mol. The summed E-state index contributed by atoms with van der Waals surface area (Å²) < 4.78 is 23.6. The number of quaternary nitrogens is 1. The Labute approximate surface area is 265 Å². The molecule has 9 fully saturated rings. The van der Waals surface area contributed by atoms with Gasteiger partial charge >= 0.3 is 11.8 Å². The van der Waals surface area contributed by atoms with Crippen LogP contribution in [0.1, 0.15) is 89.9 Å². The van der Waals surface area contributed by atoms with Gasteiger partial charge in [0.1, 0.15) is 13.1 Å². The number of rotatable bonds is 4. The number of carbonyl (C=O) groups excluding carboxylic acids is 2. The van der Waals surface area contributed by atoms with Crippen molar-refractivity contribution in [2.75, 3.05) is 79.0 Å². The molecule has 0 unspecified atom stereocenters. The number of nitrogens with zero attached hydrogens (tertiary/aromatic N) is 1. The molecule has 8 aliphatic carbocycles. The van der Waals surface area contributed by atoms with E-state index in [1.807, 2.05) is 0 Å². The summed E-state index contributed by atoms with van der Waals surface area (Å²) in [6.45, 7) is 6.41. The van der Waals surface area contributed by atoms with E-state index in [0.29, 0.717) is 78.8 Å². The normalized spacial score (nSPS) is 42.9. The smallest absolute Gasteiger partial charge is 0.321 e. The number of ether oxygens (including phenoxy) is 4. The first-order chi connectivity index (χ1) is 21.4. The van der Waals surface area contributed by atoms with Crippen LogP contribution in [0.4, 0.5) is 0 Å². The molecule has 1 aliphatic heterocycles. The van der Waals surface area contributed by atoms with Crippen LogP contribution in [0.25, 0.3) is 0 Å². The summed E-state index contributed by atoms with van der Waals surface area (Å²) in [6, 6.07) is 0. The lowest BCUT2D eigenvalue weighted by molar-refractivity contribution is -0.782. The molecule has 1 N–H and O–H groups in total. The fourth-order valence-corrected chi connectivity index (χ4v) is 12.2. The number of hydrogen-bond acceptors (Lipinski definition) is 7. The molecule has 0 aromatic carbocycles. The summed E-state index contributed by atoms with van der Waals surface area (Å²) in [5.74, 6) is 5.02. The van der Waals surface area contributed by atoms with Gasteiger partial charge in [-0.05, 0) is 123 Å². The Balaban J connectivity index is 1.11. The van der Waals surface area contributed by atoms with E-state index in [-0.39, 0.29) is 27.1 Å². The Bertz CT molecular complexity index is 866. The molecule has 8 heteroatoms. The van der Waals surface area contributed by atoms with E-state index in [9.17, 15) is 9.59 Å². The van der Waals surface area contributed by atoms with Gasteiger partial charge in [-0.2, -0.15) is 4.48 Å². The van der Waals surface area contributed by atoms with Crippen molar-refractivity contribution in [3.05, 3.63) is 0 Å². The SMILES string of the molecule is O=C(CC12CC3CC(CC(C3)C1)C2)[N+]1(C(=O)CC23CC4CC(CC(C4)C2)C3)CCOCCOCCNCCOCCOCC1. The van der Waals surface area contributed by atoms with Gasteiger partial charge in [-0.15, -0.1) is 0 Å². The average Bonchev–Trinajstić information content (AvgIpc) is 2.95. The van der Waals surface area contributed by atoms with Gasteiger partial charge in [-0.1, -0.05) is 0 Å². The third-order valence-corrected chi connectivity index (χ3v) is 13.2. The number of carbonyl (C=O) groups is 2. The zero-order valence-corrected chi connectivity index (χ0v) is 27.2. The molecule has 9 aliphatic rings. The maximum Gasteiger partial charge on any atom is 0.321 e. The van der Waals surface area contributed by atoms with Crippen LogP contribution in [-0.2, 0) is 28.5 Å². The lowest BCUT2D eigenvalue weighted by atomic mass is 9.48. The predicted molar refractivity (Wildman–Crippen MR) is 167 cm³/mol. The lowest BCUT2D eigenvalue weighted by Gasteiger charge is -2.57. The summed E-state index contributed by atoms with van der Waals surface area (Å²) in [5.41, 5.74) is 0.197. The first-order valence-corrected chi connectivity index (χ1v) is 18.4. The van der Waals surface area contributed by atoms with E-state index >= 15 is 0 Å². The molecule has 0 aromatic heterocycles. The fourth-order valence-electron chi connectivity index (χ4n) is 12.2. The van der Waals surface area contributed by atoms with Gasteiger partial charge in [0.05, 0.1) is 65.7 Å². The van der Waals surface area contributed by atoms with E-state index in [1.54, 1.807) is 0 Å². The van der Waals surface area contributed by atoms with Crippen molar-refractivity contribution < 1.29 is 33.0 Å². The van der Waals surface area contributed by atoms with Gasteiger partial charge in [0, 0.05) is 13.1 Å². The molecule has 9 rings (SSSR count).